The smallest absolute Gasteiger partial charge is 0.410 e. The highest BCUT2D eigenvalue weighted by atomic mass is 16.6. The summed E-state index contributed by atoms with van der Waals surface area (Å²) in [4.78, 5) is 19.6. The van der Waals surface area contributed by atoms with E-state index in [9.17, 15) is 4.79 Å². The van der Waals surface area contributed by atoms with Crippen LogP contribution in [0.15, 0.2) is 53.7 Å². The zero-order valence-electron chi connectivity index (χ0n) is 21.3. The number of rotatable bonds is 9. The summed E-state index contributed by atoms with van der Waals surface area (Å²) < 4.78 is 21.9. The van der Waals surface area contributed by atoms with Gasteiger partial charge < -0.3 is 28.7 Å². The van der Waals surface area contributed by atoms with Crippen molar-refractivity contribution in [1.82, 2.24) is 4.90 Å². The van der Waals surface area contributed by atoms with Crippen molar-refractivity contribution in [3.63, 3.8) is 0 Å². The van der Waals surface area contributed by atoms with Crippen LogP contribution in [0.4, 0.5) is 4.79 Å². The molecule has 1 heterocycles. The molecule has 35 heavy (non-hydrogen) atoms. The van der Waals surface area contributed by atoms with Gasteiger partial charge in [-0.1, -0.05) is 5.16 Å². The van der Waals surface area contributed by atoms with Crippen molar-refractivity contribution in [3.8, 4) is 11.5 Å². The number of piperidine rings is 1. The molecule has 0 radical (unpaired) electrons. The summed E-state index contributed by atoms with van der Waals surface area (Å²) in [7, 11) is 3.27. The number of ether oxygens (including phenoxy) is 4. The Balaban J connectivity index is 1.52. The van der Waals surface area contributed by atoms with E-state index in [4.69, 9.17) is 23.8 Å². The summed E-state index contributed by atoms with van der Waals surface area (Å²) >= 11 is 0. The van der Waals surface area contributed by atoms with Crippen molar-refractivity contribution in [3.05, 3.63) is 59.7 Å². The standard InChI is InChI=1S/C27H36N2O6/c1-27(2,3)35-26(30)29-16-14-24(15-17-29)33-18-19-34-28-25(20-6-10-22(31-4)11-7-20)21-8-12-23(32-5)13-9-21/h6-13,24H,14-19H2,1-5H3. The second-order valence-corrected chi connectivity index (χ2v) is 9.27. The van der Waals surface area contributed by atoms with Crippen molar-refractivity contribution >= 4 is 11.8 Å². The summed E-state index contributed by atoms with van der Waals surface area (Å²) in [5.41, 5.74) is 2.04. The maximum Gasteiger partial charge on any atom is 0.410 e. The van der Waals surface area contributed by atoms with E-state index in [-0.39, 0.29) is 12.2 Å². The number of methoxy groups -OCH3 is 2. The van der Waals surface area contributed by atoms with Crippen LogP contribution in [0.25, 0.3) is 0 Å². The van der Waals surface area contributed by atoms with Crippen molar-refractivity contribution in [2.75, 3.05) is 40.5 Å². The van der Waals surface area contributed by atoms with E-state index in [0.717, 1.165) is 35.5 Å². The first kappa shape index (κ1) is 26.3. The van der Waals surface area contributed by atoms with Crippen molar-refractivity contribution in [1.29, 1.82) is 0 Å². The molecule has 8 heteroatoms. The van der Waals surface area contributed by atoms with Crippen LogP contribution in [0.3, 0.4) is 0 Å². The third-order valence-corrected chi connectivity index (χ3v) is 5.50. The van der Waals surface area contributed by atoms with Crippen LogP contribution in [0, 0.1) is 0 Å². The first-order chi connectivity index (χ1) is 16.8. The molecule has 190 valence electrons. The predicted octanol–water partition coefficient (Wildman–Crippen LogP) is 4.89. The van der Waals surface area contributed by atoms with Gasteiger partial charge in [0.2, 0.25) is 0 Å². The highest BCUT2D eigenvalue weighted by molar-refractivity contribution is 6.12. The highest BCUT2D eigenvalue weighted by Gasteiger charge is 2.27. The minimum atomic E-state index is -0.487. The number of amides is 1. The largest absolute Gasteiger partial charge is 0.497 e. The van der Waals surface area contributed by atoms with Crippen molar-refractivity contribution in [2.45, 2.75) is 45.3 Å². The second kappa shape index (κ2) is 12.4. The highest BCUT2D eigenvalue weighted by Crippen LogP contribution is 2.20. The van der Waals surface area contributed by atoms with Gasteiger partial charge in [-0.2, -0.15) is 0 Å². The molecule has 1 fully saturated rings. The topological polar surface area (TPSA) is 78.8 Å². The third kappa shape index (κ3) is 8.17. The summed E-state index contributed by atoms with van der Waals surface area (Å²) in [5, 5.41) is 4.41. The summed E-state index contributed by atoms with van der Waals surface area (Å²) in [6.45, 7) is 7.60. The number of nitrogens with zero attached hydrogens (tertiary/aromatic N) is 2. The fourth-order valence-corrected chi connectivity index (χ4v) is 3.66. The maximum absolute atomic E-state index is 12.2. The Morgan fingerprint density at radius 3 is 1.86 bits per heavy atom. The Bertz CT molecular complexity index is 909. The number of likely N-dealkylation sites (tertiary alicyclic amines) is 1. The Labute approximate surface area is 207 Å². The van der Waals surface area contributed by atoms with E-state index in [0.29, 0.717) is 32.0 Å². The average molecular weight is 485 g/mol. The lowest BCUT2D eigenvalue weighted by Gasteiger charge is -2.33. The molecule has 0 unspecified atom stereocenters. The van der Waals surface area contributed by atoms with Crippen LogP contribution in [-0.4, -0.2) is 68.9 Å². The monoisotopic (exact) mass is 484 g/mol. The molecule has 0 bridgehead atoms. The lowest BCUT2D eigenvalue weighted by atomic mass is 10.0. The fraction of sp³-hybridized carbons (Fsp3) is 0.481. The SMILES string of the molecule is COc1ccc(C(=NOCCOC2CCN(C(=O)OC(C)(C)C)CC2)c2ccc(OC)cc2)cc1. The minimum absolute atomic E-state index is 0.0870. The molecule has 0 spiro atoms. The second-order valence-electron chi connectivity index (χ2n) is 9.27. The molecular formula is C27H36N2O6. The number of hydrogen-bond donors (Lipinski definition) is 0. The van der Waals surface area contributed by atoms with E-state index < -0.39 is 5.60 Å². The van der Waals surface area contributed by atoms with Crippen LogP contribution in [0.5, 0.6) is 11.5 Å². The zero-order valence-corrected chi connectivity index (χ0v) is 21.3. The quantitative estimate of drug-likeness (QED) is 0.287. The van der Waals surface area contributed by atoms with Crippen LogP contribution in [0.2, 0.25) is 0 Å². The normalized spacial score (nSPS) is 14.3. The number of benzene rings is 2. The van der Waals surface area contributed by atoms with Gasteiger partial charge in [0, 0.05) is 24.2 Å². The first-order valence-corrected chi connectivity index (χ1v) is 11.9. The Morgan fingerprint density at radius 2 is 1.40 bits per heavy atom. The average Bonchev–Trinajstić information content (AvgIpc) is 2.86. The van der Waals surface area contributed by atoms with Gasteiger partial charge in [-0.15, -0.1) is 0 Å². The molecule has 0 N–H and O–H groups in total. The lowest BCUT2D eigenvalue weighted by Crippen LogP contribution is -2.43. The molecule has 1 saturated heterocycles. The molecule has 1 aliphatic rings. The molecule has 1 amide bonds. The van der Waals surface area contributed by atoms with Gasteiger partial charge in [-0.25, -0.2) is 4.79 Å². The van der Waals surface area contributed by atoms with E-state index in [1.165, 1.54) is 0 Å². The fourth-order valence-electron chi connectivity index (χ4n) is 3.66. The van der Waals surface area contributed by atoms with Gasteiger partial charge in [-0.3, -0.25) is 0 Å². The minimum Gasteiger partial charge on any atom is -0.497 e. The summed E-state index contributed by atoms with van der Waals surface area (Å²) in [6.07, 6.45) is 1.36. The molecular weight excluding hydrogens is 448 g/mol. The van der Waals surface area contributed by atoms with Crippen molar-refractivity contribution < 1.29 is 28.6 Å². The molecule has 0 aromatic heterocycles. The van der Waals surface area contributed by atoms with E-state index in [1.54, 1.807) is 19.1 Å². The summed E-state index contributed by atoms with van der Waals surface area (Å²) in [6, 6.07) is 15.3. The maximum atomic E-state index is 12.2. The molecule has 3 rings (SSSR count). The molecule has 2 aromatic rings. The predicted molar refractivity (Wildman–Crippen MR) is 134 cm³/mol. The Kier molecular flexibility index (Phi) is 9.37. The van der Waals surface area contributed by atoms with Crippen LogP contribution in [0.1, 0.15) is 44.7 Å². The summed E-state index contributed by atoms with van der Waals surface area (Å²) in [5.74, 6) is 1.55. The third-order valence-electron chi connectivity index (χ3n) is 5.50. The van der Waals surface area contributed by atoms with Gasteiger partial charge in [0.25, 0.3) is 0 Å². The Morgan fingerprint density at radius 1 is 0.886 bits per heavy atom. The number of carbonyl (C=O) groups excluding carboxylic acids is 1. The first-order valence-electron chi connectivity index (χ1n) is 11.9. The van der Waals surface area contributed by atoms with Gasteiger partial charge in [-0.05, 0) is 82.1 Å². The molecule has 1 aliphatic heterocycles. The number of oxime groups is 1. The van der Waals surface area contributed by atoms with Gasteiger partial charge in [0.15, 0.2) is 0 Å². The lowest BCUT2D eigenvalue weighted by molar-refractivity contribution is -0.0287. The Hall–Kier alpha value is -3.26. The van der Waals surface area contributed by atoms with Gasteiger partial charge >= 0.3 is 6.09 Å². The van der Waals surface area contributed by atoms with Crippen LogP contribution in [-0.2, 0) is 14.3 Å². The molecule has 0 saturated carbocycles. The van der Waals surface area contributed by atoms with E-state index in [1.807, 2.05) is 69.3 Å². The van der Waals surface area contributed by atoms with Gasteiger partial charge in [0.1, 0.15) is 29.4 Å². The van der Waals surface area contributed by atoms with Crippen LogP contribution < -0.4 is 9.47 Å². The van der Waals surface area contributed by atoms with E-state index in [2.05, 4.69) is 5.16 Å². The van der Waals surface area contributed by atoms with Crippen molar-refractivity contribution in [2.24, 2.45) is 5.16 Å². The molecule has 2 aromatic carbocycles. The molecule has 0 aliphatic carbocycles. The molecule has 8 nitrogen and oxygen atoms in total. The van der Waals surface area contributed by atoms with Crippen LogP contribution >= 0.6 is 0 Å². The van der Waals surface area contributed by atoms with Gasteiger partial charge in [0.05, 0.1) is 26.9 Å². The molecule has 0 atom stereocenters. The number of carbonyl (C=O) groups is 1. The number of hydrogen-bond acceptors (Lipinski definition) is 7. The zero-order chi connectivity index (χ0) is 25.3. The van der Waals surface area contributed by atoms with E-state index >= 15 is 0 Å².